The lowest BCUT2D eigenvalue weighted by Gasteiger charge is -2.05. The maximum atomic E-state index is 11.9. The molecular weight excluding hydrogens is 414 g/mol. The van der Waals surface area contributed by atoms with Gasteiger partial charge in [-0.05, 0) is 54.4 Å². The van der Waals surface area contributed by atoms with E-state index in [0.29, 0.717) is 17.9 Å². The number of hydrogen-bond donors (Lipinski definition) is 2. The van der Waals surface area contributed by atoms with Crippen LogP contribution in [0, 0.1) is 0 Å². The van der Waals surface area contributed by atoms with E-state index >= 15 is 0 Å². The lowest BCUT2D eigenvalue weighted by Crippen LogP contribution is -2.18. The Kier molecular flexibility index (Phi) is 6.43. The van der Waals surface area contributed by atoms with Crippen molar-refractivity contribution >= 4 is 39.6 Å². The second kappa shape index (κ2) is 9.18. The van der Waals surface area contributed by atoms with E-state index in [1.807, 2.05) is 18.2 Å². The predicted molar refractivity (Wildman–Crippen MR) is 105 cm³/mol. The van der Waals surface area contributed by atoms with Gasteiger partial charge in [0.25, 0.3) is 0 Å². The van der Waals surface area contributed by atoms with Gasteiger partial charge in [-0.15, -0.1) is 0 Å². The highest BCUT2D eigenvalue weighted by atomic mass is 79.9. The molecule has 0 saturated carbocycles. The Morgan fingerprint density at radius 2 is 1.78 bits per heavy atom. The Morgan fingerprint density at radius 1 is 1.04 bits per heavy atom. The van der Waals surface area contributed by atoms with Crippen LogP contribution in [-0.4, -0.2) is 24.8 Å². The summed E-state index contributed by atoms with van der Waals surface area (Å²) in [6.45, 7) is 0.210. The van der Waals surface area contributed by atoms with Crippen molar-refractivity contribution < 1.29 is 19.1 Å². The molecule has 1 heterocycles. The van der Waals surface area contributed by atoms with E-state index in [1.54, 1.807) is 24.3 Å². The van der Waals surface area contributed by atoms with Crippen molar-refractivity contribution in [2.24, 2.45) is 5.10 Å². The number of carbonyl (C=O) groups is 2. The number of carbonyl (C=O) groups excluding carboxylic acids is 2. The van der Waals surface area contributed by atoms with E-state index < -0.39 is 0 Å². The molecule has 7 nitrogen and oxygen atoms in total. The van der Waals surface area contributed by atoms with Crippen molar-refractivity contribution in [2.75, 3.05) is 12.1 Å². The third-order valence-electron chi connectivity index (χ3n) is 3.74. The van der Waals surface area contributed by atoms with Crippen LogP contribution in [0.1, 0.15) is 24.8 Å². The van der Waals surface area contributed by atoms with E-state index in [2.05, 4.69) is 31.8 Å². The molecular formula is C19H18BrN3O4. The third-order valence-corrected chi connectivity index (χ3v) is 4.26. The summed E-state index contributed by atoms with van der Waals surface area (Å²) in [5.41, 5.74) is 3.96. The standard InChI is InChI=1S/C19H18BrN3O4/c20-14-5-7-15(8-6-14)22-18(24)2-1-3-19(25)23-21-11-13-4-9-16-17(10-13)27-12-26-16/h4-11H,1-3,12H2,(H,22,24)(H,23,25)/b21-11+. The van der Waals surface area contributed by atoms with E-state index in [0.717, 1.165) is 15.7 Å². The molecule has 0 aliphatic carbocycles. The number of ether oxygens (including phenoxy) is 2. The highest BCUT2D eigenvalue weighted by Gasteiger charge is 2.12. The first kappa shape index (κ1) is 18.9. The minimum Gasteiger partial charge on any atom is -0.454 e. The number of amides is 2. The van der Waals surface area contributed by atoms with Gasteiger partial charge in [0.1, 0.15) is 0 Å². The molecule has 0 spiro atoms. The fourth-order valence-corrected chi connectivity index (χ4v) is 2.66. The van der Waals surface area contributed by atoms with Crippen molar-refractivity contribution in [3.8, 4) is 11.5 Å². The van der Waals surface area contributed by atoms with Crippen LogP contribution in [0.5, 0.6) is 11.5 Å². The molecule has 2 N–H and O–H groups in total. The molecule has 2 aromatic rings. The van der Waals surface area contributed by atoms with Crippen LogP contribution in [0.3, 0.4) is 0 Å². The summed E-state index contributed by atoms with van der Waals surface area (Å²) < 4.78 is 11.5. The van der Waals surface area contributed by atoms with E-state index in [4.69, 9.17) is 9.47 Å². The molecule has 0 saturated heterocycles. The fourth-order valence-electron chi connectivity index (χ4n) is 2.39. The summed E-state index contributed by atoms with van der Waals surface area (Å²) in [6, 6.07) is 12.7. The van der Waals surface area contributed by atoms with Crippen molar-refractivity contribution in [1.82, 2.24) is 5.43 Å². The van der Waals surface area contributed by atoms with Gasteiger partial charge in [0.15, 0.2) is 11.5 Å². The highest BCUT2D eigenvalue weighted by molar-refractivity contribution is 9.10. The molecule has 0 bridgehead atoms. The summed E-state index contributed by atoms with van der Waals surface area (Å²) in [6.07, 6.45) is 2.44. The molecule has 1 aliphatic heterocycles. The van der Waals surface area contributed by atoms with Crippen LogP contribution >= 0.6 is 15.9 Å². The quantitative estimate of drug-likeness (QED) is 0.518. The highest BCUT2D eigenvalue weighted by Crippen LogP contribution is 2.31. The predicted octanol–water partition coefficient (Wildman–Crippen LogP) is 3.44. The molecule has 2 aromatic carbocycles. The minimum absolute atomic E-state index is 0.131. The van der Waals surface area contributed by atoms with Crippen LogP contribution < -0.4 is 20.2 Å². The van der Waals surface area contributed by atoms with Crippen LogP contribution in [0.25, 0.3) is 0 Å². The number of nitrogens with zero attached hydrogens (tertiary/aromatic N) is 1. The number of halogens is 1. The lowest BCUT2D eigenvalue weighted by molar-refractivity contribution is -0.121. The van der Waals surface area contributed by atoms with Crippen LogP contribution in [0.4, 0.5) is 5.69 Å². The second-order valence-electron chi connectivity index (χ2n) is 5.81. The summed E-state index contributed by atoms with van der Waals surface area (Å²) in [5, 5.41) is 6.70. The molecule has 1 aliphatic rings. The van der Waals surface area contributed by atoms with Gasteiger partial charge in [-0.3, -0.25) is 9.59 Å². The SMILES string of the molecule is O=C(CCCC(=O)Nc1ccc(Br)cc1)N/N=C/c1ccc2c(c1)OCO2. The zero-order valence-corrected chi connectivity index (χ0v) is 16.0. The number of anilines is 1. The summed E-state index contributed by atoms with van der Waals surface area (Å²) in [5.74, 6) is 0.970. The Labute approximate surface area is 164 Å². The van der Waals surface area contributed by atoms with E-state index in [-0.39, 0.29) is 31.4 Å². The van der Waals surface area contributed by atoms with Crippen molar-refractivity contribution in [3.63, 3.8) is 0 Å². The first-order chi connectivity index (χ1) is 13.1. The Balaban J connectivity index is 1.35. The second-order valence-corrected chi connectivity index (χ2v) is 6.73. The first-order valence-electron chi connectivity index (χ1n) is 8.37. The summed E-state index contributed by atoms with van der Waals surface area (Å²) in [4.78, 5) is 23.7. The van der Waals surface area contributed by atoms with Gasteiger partial charge < -0.3 is 14.8 Å². The molecule has 8 heteroatoms. The molecule has 27 heavy (non-hydrogen) atoms. The maximum Gasteiger partial charge on any atom is 0.240 e. The van der Waals surface area contributed by atoms with E-state index in [1.165, 1.54) is 6.21 Å². The average molecular weight is 432 g/mol. The smallest absolute Gasteiger partial charge is 0.240 e. The lowest BCUT2D eigenvalue weighted by atomic mass is 10.2. The number of fused-ring (bicyclic) bond motifs is 1. The van der Waals surface area contributed by atoms with Gasteiger partial charge in [-0.1, -0.05) is 15.9 Å². The molecule has 2 amide bonds. The molecule has 0 radical (unpaired) electrons. The minimum atomic E-state index is -0.247. The zero-order chi connectivity index (χ0) is 19.1. The number of hydrogen-bond acceptors (Lipinski definition) is 5. The molecule has 3 rings (SSSR count). The summed E-state index contributed by atoms with van der Waals surface area (Å²) >= 11 is 3.34. The molecule has 0 fully saturated rings. The molecule has 0 unspecified atom stereocenters. The van der Waals surface area contributed by atoms with Gasteiger partial charge in [0, 0.05) is 23.0 Å². The van der Waals surface area contributed by atoms with Gasteiger partial charge >= 0.3 is 0 Å². The van der Waals surface area contributed by atoms with Gasteiger partial charge in [0.2, 0.25) is 18.6 Å². The Morgan fingerprint density at radius 3 is 2.59 bits per heavy atom. The summed E-state index contributed by atoms with van der Waals surface area (Å²) in [7, 11) is 0. The van der Waals surface area contributed by atoms with Crippen LogP contribution in [0.2, 0.25) is 0 Å². The first-order valence-corrected chi connectivity index (χ1v) is 9.16. The molecule has 0 aromatic heterocycles. The molecule has 140 valence electrons. The van der Waals surface area contributed by atoms with E-state index in [9.17, 15) is 9.59 Å². The Hall–Kier alpha value is -2.87. The maximum absolute atomic E-state index is 11.9. The zero-order valence-electron chi connectivity index (χ0n) is 14.4. The Bertz CT molecular complexity index is 853. The van der Waals surface area contributed by atoms with Crippen molar-refractivity contribution in [3.05, 3.63) is 52.5 Å². The van der Waals surface area contributed by atoms with Gasteiger partial charge in [-0.2, -0.15) is 5.10 Å². The normalized spacial score (nSPS) is 12.2. The number of hydrazone groups is 1. The number of benzene rings is 2. The fraction of sp³-hybridized carbons (Fsp3) is 0.211. The van der Waals surface area contributed by atoms with Gasteiger partial charge in [0.05, 0.1) is 6.21 Å². The van der Waals surface area contributed by atoms with Crippen molar-refractivity contribution in [1.29, 1.82) is 0 Å². The van der Waals surface area contributed by atoms with Crippen molar-refractivity contribution in [2.45, 2.75) is 19.3 Å². The largest absolute Gasteiger partial charge is 0.454 e. The number of nitrogens with one attached hydrogen (secondary N) is 2. The van der Waals surface area contributed by atoms with Crippen LogP contribution in [-0.2, 0) is 9.59 Å². The average Bonchev–Trinajstić information content (AvgIpc) is 3.11. The monoisotopic (exact) mass is 431 g/mol. The van der Waals surface area contributed by atoms with Crippen LogP contribution in [0.15, 0.2) is 52.0 Å². The van der Waals surface area contributed by atoms with Gasteiger partial charge in [-0.25, -0.2) is 5.43 Å². The number of rotatable bonds is 7. The topological polar surface area (TPSA) is 89.0 Å². The molecule has 0 atom stereocenters. The third kappa shape index (κ3) is 5.82.